The van der Waals surface area contributed by atoms with Crippen LogP contribution in [0.3, 0.4) is 0 Å². The van der Waals surface area contributed by atoms with Crippen LogP contribution in [0.15, 0.2) is 6.20 Å². The standard InChI is InChI=1S/C12H19N5O4/c1-17-7-8(14-10(19)5-6-13)15-12(17)16-9(18)3-4-11(20)21-2/h7H,3-6,13H2,1-2H3,(H,14,19)(H,15,16,18). The Hall–Kier alpha value is -2.42. The molecule has 0 fully saturated rings. The monoisotopic (exact) mass is 297 g/mol. The fourth-order valence-electron chi connectivity index (χ4n) is 1.48. The molecule has 0 aromatic carbocycles. The number of aromatic nitrogens is 2. The van der Waals surface area contributed by atoms with Crippen molar-refractivity contribution in [2.24, 2.45) is 12.8 Å². The fourth-order valence-corrected chi connectivity index (χ4v) is 1.48. The van der Waals surface area contributed by atoms with Gasteiger partial charge in [-0.1, -0.05) is 0 Å². The van der Waals surface area contributed by atoms with Gasteiger partial charge in [0.2, 0.25) is 17.8 Å². The number of nitrogens with one attached hydrogen (secondary N) is 2. The molecule has 0 radical (unpaired) electrons. The van der Waals surface area contributed by atoms with Gasteiger partial charge in [-0.25, -0.2) is 0 Å². The van der Waals surface area contributed by atoms with Crippen LogP contribution in [0.5, 0.6) is 0 Å². The Labute approximate surface area is 121 Å². The van der Waals surface area contributed by atoms with Gasteiger partial charge in [0.05, 0.1) is 13.5 Å². The molecule has 9 heteroatoms. The Morgan fingerprint density at radius 2 is 1.90 bits per heavy atom. The van der Waals surface area contributed by atoms with E-state index in [0.717, 1.165) is 0 Å². The highest BCUT2D eigenvalue weighted by atomic mass is 16.5. The summed E-state index contributed by atoms with van der Waals surface area (Å²) in [5, 5.41) is 5.10. The molecule has 1 heterocycles. The third-order valence-corrected chi connectivity index (χ3v) is 2.55. The van der Waals surface area contributed by atoms with Crippen LogP contribution in [-0.2, 0) is 26.2 Å². The van der Waals surface area contributed by atoms with Crippen LogP contribution < -0.4 is 16.4 Å². The van der Waals surface area contributed by atoms with E-state index in [1.165, 1.54) is 7.11 Å². The van der Waals surface area contributed by atoms with Crippen molar-refractivity contribution in [3.05, 3.63) is 6.20 Å². The summed E-state index contributed by atoms with van der Waals surface area (Å²) >= 11 is 0. The van der Waals surface area contributed by atoms with Crippen molar-refractivity contribution in [1.29, 1.82) is 0 Å². The molecule has 1 aromatic heterocycles. The van der Waals surface area contributed by atoms with E-state index in [4.69, 9.17) is 5.73 Å². The van der Waals surface area contributed by atoms with E-state index in [0.29, 0.717) is 5.82 Å². The van der Waals surface area contributed by atoms with Crippen LogP contribution in [0.2, 0.25) is 0 Å². The van der Waals surface area contributed by atoms with Gasteiger partial charge in [-0.3, -0.25) is 19.7 Å². The summed E-state index contributed by atoms with van der Waals surface area (Å²) in [6.07, 6.45) is 1.74. The molecule has 0 aliphatic rings. The number of anilines is 2. The number of nitrogens with two attached hydrogens (primary N) is 1. The number of imidazole rings is 1. The molecule has 21 heavy (non-hydrogen) atoms. The van der Waals surface area contributed by atoms with Crippen molar-refractivity contribution in [2.75, 3.05) is 24.3 Å². The Morgan fingerprint density at radius 3 is 2.52 bits per heavy atom. The molecule has 0 spiro atoms. The second-order valence-electron chi connectivity index (χ2n) is 4.27. The van der Waals surface area contributed by atoms with Crippen LogP contribution >= 0.6 is 0 Å². The largest absolute Gasteiger partial charge is 0.469 e. The lowest BCUT2D eigenvalue weighted by Crippen LogP contribution is -2.17. The van der Waals surface area contributed by atoms with Crippen LogP contribution in [0.1, 0.15) is 19.3 Å². The Bertz CT molecular complexity index is 526. The van der Waals surface area contributed by atoms with E-state index in [1.54, 1.807) is 17.8 Å². The molecule has 0 aliphatic heterocycles. The number of hydrogen-bond donors (Lipinski definition) is 3. The van der Waals surface area contributed by atoms with E-state index < -0.39 is 5.97 Å². The lowest BCUT2D eigenvalue weighted by molar-refractivity contribution is -0.141. The molecule has 1 rings (SSSR count). The number of hydrogen-bond acceptors (Lipinski definition) is 6. The molecule has 116 valence electrons. The first kappa shape index (κ1) is 16.6. The average molecular weight is 297 g/mol. The van der Waals surface area contributed by atoms with Crippen LogP contribution in [0, 0.1) is 0 Å². The lowest BCUT2D eigenvalue weighted by Gasteiger charge is -2.03. The Morgan fingerprint density at radius 1 is 1.24 bits per heavy atom. The average Bonchev–Trinajstić information content (AvgIpc) is 2.76. The summed E-state index contributed by atoms with van der Waals surface area (Å²) in [5.74, 6) is -0.486. The summed E-state index contributed by atoms with van der Waals surface area (Å²) in [7, 11) is 2.93. The predicted molar refractivity (Wildman–Crippen MR) is 75.4 cm³/mol. The van der Waals surface area contributed by atoms with Gasteiger partial charge in [-0.2, -0.15) is 4.98 Å². The number of methoxy groups -OCH3 is 1. The number of esters is 1. The molecule has 0 bridgehead atoms. The molecule has 0 unspecified atom stereocenters. The van der Waals surface area contributed by atoms with E-state index in [-0.39, 0.29) is 43.6 Å². The van der Waals surface area contributed by atoms with Gasteiger partial charge in [0.1, 0.15) is 0 Å². The first-order chi connectivity index (χ1) is 9.96. The Balaban J connectivity index is 2.55. The molecule has 1 aromatic rings. The zero-order valence-electron chi connectivity index (χ0n) is 12.0. The predicted octanol–water partition coefficient (Wildman–Crippen LogP) is -0.401. The number of ether oxygens (including phenoxy) is 1. The lowest BCUT2D eigenvalue weighted by atomic mass is 10.3. The molecule has 9 nitrogen and oxygen atoms in total. The van der Waals surface area contributed by atoms with Gasteiger partial charge >= 0.3 is 5.97 Å². The van der Waals surface area contributed by atoms with Gasteiger partial charge in [0.25, 0.3) is 0 Å². The third kappa shape index (κ3) is 5.61. The maximum absolute atomic E-state index is 11.6. The number of amides is 2. The molecular formula is C12H19N5O4. The van der Waals surface area contributed by atoms with E-state index in [2.05, 4.69) is 20.4 Å². The highest BCUT2D eigenvalue weighted by Crippen LogP contribution is 2.12. The van der Waals surface area contributed by atoms with Crippen molar-refractivity contribution in [3.63, 3.8) is 0 Å². The molecule has 4 N–H and O–H groups in total. The van der Waals surface area contributed by atoms with E-state index in [1.807, 2.05) is 0 Å². The van der Waals surface area contributed by atoms with Gasteiger partial charge < -0.3 is 20.4 Å². The maximum atomic E-state index is 11.6. The van der Waals surface area contributed by atoms with Crippen molar-refractivity contribution in [3.8, 4) is 0 Å². The van der Waals surface area contributed by atoms with Crippen molar-refractivity contribution < 1.29 is 19.1 Å². The maximum Gasteiger partial charge on any atom is 0.306 e. The quantitative estimate of drug-likeness (QED) is 0.587. The van der Waals surface area contributed by atoms with E-state index >= 15 is 0 Å². The molecular weight excluding hydrogens is 278 g/mol. The Kier molecular flexibility index (Phi) is 6.34. The molecule has 0 saturated heterocycles. The zero-order chi connectivity index (χ0) is 15.8. The number of aryl methyl sites for hydroxylation is 1. The molecule has 0 saturated carbocycles. The minimum atomic E-state index is -0.459. The van der Waals surface area contributed by atoms with Gasteiger partial charge in [0, 0.05) is 32.6 Å². The molecule has 0 aliphatic carbocycles. The van der Waals surface area contributed by atoms with Crippen LogP contribution in [-0.4, -0.2) is 41.0 Å². The topological polar surface area (TPSA) is 128 Å². The van der Waals surface area contributed by atoms with Crippen LogP contribution in [0.4, 0.5) is 11.8 Å². The molecule has 2 amide bonds. The van der Waals surface area contributed by atoms with Crippen molar-refractivity contribution >= 4 is 29.5 Å². The highest BCUT2D eigenvalue weighted by molar-refractivity contribution is 5.92. The smallest absolute Gasteiger partial charge is 0.306 e. The number of nitrogens with zero attached hydrogens (tertiary/aromatic N) is 2. The van der Waals surface area contributed by atoms with Gasteiger partial charge in [-0.15, -0.1) is 0 Å². The summed E-state index contributed by atoms with van der Waals surface area (Å²) in [6, 6.07) is 0. The first-order valence-electron chi connectivity index (χ1n) is 6.36. The van der Waals surface area contributed by atoms with Crippen molar-refractivity contribution in [1.82, 2.24) is 9.55 Å². The fraction of sp³-hybridized carbons (Fsp3) is 0.500. The number of carbonyl (C=O) groups is 3. The SMILES string of the molecule is COC(=O)CCC(=O)Nc1nc(NC(=O)CCN)cn1C. The normalized spacial score (nSPS) is 10.0. The second-order valence-corrected chi connectivity index (χ2v) is 4.27. The summed E-state index contributed by atoms with van der Waals surface area (Å²) in [5.41, 5.74) is 5.27. The minimum absolute atomic E-state index is 0.00556. The highest BCUT2D eigenvalue weighted by Gasteiger charge is 2.12. The zero-order valence-corrected chi connectivity index (χ0v) is 12.0. The van der Waals surface area contributed by atoms with Crippen molar-refractivity contribution in [2.45, 2.75) is 19.3 Å². The van der Waals surface area contributed by atoms with E-state index in [9.17, 15) is 14.4 Å². The summed E-state index contributed by atoms with van der Waals surface area (Å²) < 4.78 is 6.00. The van der Waals surface area contributed by atoms with Gasteiger partial charge in [0.15, 0.2) is 5.82 Å². The number of carbonyl (C=O) groups excluding carboxylic acids is 3. The number of rotatable bonds is 7. The third-order valence-electron chi connectivity index (χ3n) is 2.55. The summed E-state index contributed by atoms with van der Waals surface area (Å²) in [4.78, 5) is 38.0. The van der Waals surface area contributed by atoms with Gasteiger partial charge in [-0.05, 0) is 0 Å². The van der Waals surface area contributed by atoms with Crippen LogP contribution in [0.25, 0.3) is 0 Å². The molecule has 0 atom stereocenters. The summed E-state index contributed by atoms with van der Waals surface area (Å²) in [6.45, 7) is 0.246. The minimum Gasteiger partial charge on any atom is -0.469 e. The second kappa shape index (κ2) is 8.00. The first-order valence-corrected chi connectivity index (χ1v) is 6.36.